The molecule has 0 saturated heterocycles. The van der Waals surface area contributed by atoms with Crippen molar-refractivity contribution in [3.8, 4) is 5.75 Å². The summed E-state index contributed by atoms with van der Waals surface area (Å²) in [5, 5.41) is 4.61. The molecule has 0 aliphatic carbocycles. The van der Waals surface area contributed by atoms with E-state index in [0.29, 0.717) is 5.69 Å². The molecule has 3 aromatic rings. The Morgan fingerprint density at radius 1 is 1.14 bits per heavy atom. The Balaban J connectivity index is 1.68. The third-order valence-electron chi connectivity index (χ3n) is 4.58. The largest absolute Gasteiger partial charge is 0.482 e. The van der Waals surface area contributed by atoms with Crippen LogP contribution in [0.15, 0.2) is 59.5 Å². The van der Waals surface area contributed by atoms with Gasteiger partial charge in [-0.25, -0.2) is 13.1 Å². The van der Waals surface area contributed by atoms with E-state index >= 15 is 0 Å². The maximum atomic E-state index is 13.0. The zero-order valence-corrected chi connectivity index (χ0v) is 16.5. The molecule has 3 aromatic carbocycles. The van der Waals surface area contributed by atoms with E-state index in [1.54, 1.807) is 6.92 Å². The minimum Gasteiger partial charge on any atom is -0.482 e. The standard InChI is InChI=1S/C20H17ClN2O4S/c1-12(14-8-4-6-13-5-2-3-7-15(13)14)23-28(25,26)19-10-18-17(9-16(19)21)22-20(24)11-27-18/h2-10,12,23H,11H2,1H3,(H,22,24). The molecule has 0 bridgehead atoms. The van der Waals surface area contributed by atoms with E-state index in [4.69, 9.17) is 16.3 Å². The smallest absolute Gasteiger partial charge is 0.262 e. The van der Waals surface area contributed by atoms with Crippen LogP contribution < -0.4 is 14.8 Å². The second-order valence-corrected chi connectivity index (χ2v) is 8.62. The number of anilines is 1. The number of ether oxygens (including phenoxy) is 1. The predicted octanol–water partition coefficient (Wildman–Crippen LogP) is 3.86. The van der Waals surface area contributed by atoms with Gasteiger partial charge in [-0.1, -0.05) is 54.1 Å². The van der Waals surface area contributed by atoms with Gasteiger partial charge in [0.1, 0.15) is 10.6 Å². The van der Waals surface area contributed by atoms with Gasteiger partial charge in [0, 0.05) is 12.1 Å². The molecule has 0 radical (unpaired) electrons. The second kappa shape index (κ2) is 7.09. The first-order valence-electron chi connectivity index (χ1n) is 8.61. The van der Waals surface area contributed by atoms with Crippen LogP contribution in [0.4, 0.5) is 5.69 Å². The van der Waals surface area contributed by atoms with Crippen molar-refractivity contribution in [3.63, 3.8) is 0 Å². The molecule has 0 saturated carbocycles. The number of carbonyl (C=O) groups excluding carboxylic acids is 1. The molecule has 28 heavy (non-hydrogen) atoms. The van der Waals surface area contributed by atoms with Gasteiger partial charge in [-0.3, -0.25) is 4.79 Å². The van der Waals surface area contributed by atoms with Gasteiger partial charge >= 0.3 is 0 Å². The summed E-state index contributed by atoms with van der Waals surface area (Å²) in [5.41, 5.74) is 1.21. The molecule has 1 unspecified atom stereocenters. The fourth-order valence-corrected chi connectivity index (χ4v) is 5.04. The van der Waals surface area contributed by atoms with Crippen LogP contribution in [0.3, 0.4) is 0 Å². The van der Waals surface area contributed by atoms with E-state index in [2.05, 4.69) is 10.0 Å². The van der Waals surface area contributed by atoms with Crippen LogP contribution in [-0.2, 0) is 14.8 Å². The molecule has 2 N–H and O–H groups in total. The summed E-state index contributed by atoms with van der Waals surface area (Å²) >= 11 is 6.19. The molecule has 6 nitrogen and oxygen atoms in total. The zero-order valence-electron chi connectivity index (χ0n) is 14.9. The van der Waals surface area contributed by atoms with Crippen LogP contribution in [-0.4, -0.2) is 20.9 Å². The minimum absolute atomic E-state index is 0.00201. The lowest BCUT2D eigenvalue weighted by molar-refractivity contribution is -0.118. The number of nitrogens with one attached hydrogen (secondary N) is 2. The summed E-state index contributed by atoms with van der Waals surface area (Å²) in [7, 11) is -3.93. The van der Waals surface area contributed by atoms with Crippen LogP contribution in [0.2, 0.25) is 5.02 Å². The number of hydrogen-bond donors (Lipinski definition) is 2. The van der Waals surface area contributed by atoms with Crippen LogP contribution in [0.25, 0.3) is 10.8 Å². The van der Waals surface area contributed by atoms with Crippen LogP contribution in [0, 0.1) is 0 Å². The number of benzene rings is 3. The van der Waals surface area contributed by atoms with Crippen molar-refractivity contribution in [2.24, 2.45) is 0 Å². The Morgan fingerprint density at radius 3 is 2.71 bits per heavy atom. The predicted molar refractivity (Wildman–Crippen MR) is 108 cm³/mol. The number of rotatable bonds is 4. The van der Waals surface area contributed by atoms with Crippen LogP contribution in [0.1, 0.15) is 18.5 Å². The molecular weight excluding hydrogens is 400 g/mol. The van der Waals surface area contributed by atoms with Gasteiger partial charge in [-0.05, 0) is 29.3 Å². The van der Waals surface area contributed by atoms with Gasteiger partial charge in [0.2, 0.25) is 10.0 Å². The van der Waals surface area contributed by atoms with Crippen molar-refractivity contribution in [2.45, 2.75) is 17.9 Å². The number of fused-ring (bicyclic) bond motifs is 2. The van der Waals surface area contributed by atoms with Crippen molar-refractivity contribution < 1.29 is 17.9 Å². The first kappa shape index (κ1) is 18.7. The number of sulfonamides is 1. The zero-order chi connectivity index (χ0) is 19.9. The molecule has 0 aromatic heterocycles. The van der Waals surface area contributed by atoms with E-state index in [0.717, 1.165) is 16.3 Å². The molecule has 144 valence electrons. The molecule has 1 atom stereocenters. The normalized spacial score (nSPS) is 14.9. The quantitative estimate of drug-likeness (QED) is 0.676. The highest BCUT2D eigenvalue weighted by Crippen LogP contribution is 2.36. The molecule has 1 aliphatic heterocycles. The van der Waals surface area contributed by atoms with Crippen molar-refractivity contribution >= 4 is 44.0 Å². The summed E-state index contributed by atoms with van der Waals surface area (Å²) in [6.45, 7) is 1.61. The summed E-state index contributed by atoms with van der Waals surface area (Å²) in [6.07, 6.45) is 0. The average Bonchev–Trinajstić information content (AvgIpc) is 2.66. The highest BCUT2D eigenvalue weighted by atomic mass is 35.5. The van der Waals surface area contributed by atoms with Crippen molar-refractivity contribution in [2.75, 3.05) is 11.9 Å². The molecule has 0 fully saturated rings. The van der Waals surface area contributed by atoms with Gasteiger partial charge in [0.15, 0.2) is 6.61 Å². The molecule has 1 amide bonds. The highest BCUT2D eigenvalue weighted by molar-refractivity contribution is 7.89. The average molecular weight is 417 g/mol. The monoisotopic (exact) mass is 416 g/mol. The Bertz CT molecular complexity index is 1190. The number of hydrogen-bond acceptors (Lipinski definition) is 4. The molecule has 0 spiro atoms. The lowest BCUT2D eigenvalue weighted by Crippen LogP contribution is -2.28. The van der Waals surface area contributed by atoms with Crippen LogP contribution in [0.5, 0.6) is 5.75 Å². The Morgan fingerprint density at radius 2 is 1.89 bits per heavy atom. The van der Waals surface area contributed by atoms with Crippen molar-refractivity contribution in [1.82, 2.24) is 4.72 Å². The number of amides is 1. The van der Waals surface area contributed by atoms with Gasteiger partial charge in [0.25, 0.3) is 5.91 Å². The SMILES string of the molecule is CC(NS(=O)(=O)c1cc2c(cc1Cl)NC(=O)CO2)c1cccc2ccccc12. The molecular formula is C20H17ClN2O4S. The van der Waals surface area contributed by atoms with Gasteiger partial charge < -0.3 is 10.1 Å². The van der Waals surface area contributed by atoms with Gasteiger partial charge in [-0.2, -0.15) is 0 Å². The topological polar surface area (TPSA) is 84.5 Å². The number of halogens is 1. The maximum Gasteiger partial charge on any atom is 0.262 e. The third-order valence-corrected chi connectivity index (χ3v) is 6.58. The van der Waals surface area contributed by atoms with Crippen molar-refractivity contribution in [1.29, 1.82) is 0 Å². The van der Waals surface area contributed by atoms with Crippen molar-refractivity contribution in [3.05, 3.63) is 65.2 Å². The fourth-order valence-electron chi connectivity index (χ4n) is 3.28. The first-order chi connectivity index (χ1) is 13.3. The summed E-state index contributed by atoms with van der Waals surface area (Å²) < 4.78 is 34.0. The Kier molecular flexibility index (Phi) is 4.74. The maximum absolute atomic E-state index is 13.0. The summed E-state index contributed by atoms with van der Waals surface area (Å²) in [5.74, 6) is -0.0518. The molecule has 1 heterocycles. The molecule has 4 rings (SSSR count). The summed E-state index contributed by atoms with van der Waals surface area (Å²) in [6, 6.07) is 15.8. The minimum atomic E-state index is -3.93. The van der Waals surface area contributed by atoms with Gasteiger partial charge in [0.05, 0.1) is 10.7 Å². The third kappa shape index (κ3) is 3.44. The highest BCUT2D eigenvalue weighted by Gasteiger charge is 2.26. The van der Waals surface area contributed by atoms with E-state index in [9.17, 15) is 13.2 Å². The summed E-state index contributed by atoms with van der Waals surface area (Å²) in [4.78, 5) is 11.3. The Labute approximate surface area is 167 Å². The van der Waals surface area contributed by atoms with E-state index in [1.807, 2.05) is 42.5 Å². The van der Waals surface area contributed by atoms with Gasteiger partial charge in [-0.15, -0.1) is 0 Å². The second-order valence-electron chi connectivity index (χ2n) is 6.53. The lowest BCUT2D eigenvalue weighted by atomic mass is 10.0. The molecule has 1 aliphatic rings. The fraction of sp³-hybridized carbons (Fsp3) is 0.150. The Hall–Kier alpha value is -2.61. The molecule has 8 heteroatoms. The number of carbonyl (C=O) groups is 1. The van der Waals surface area contributed by atoms with E-state index < -0.39 is 16.1 Å². The van der Waals surface area contributed by atoms with E-state index in [1.165, 1.54) is 12.1 Å². The first-order valence-corrected chi connectivity index (χ1v) is 10.5. The lowest BCUT2D eigenvalue weighted by Gasteiger charge is -2.21. The van der Waals surface area contributed by atoms with Crippen LogP contribution >= 0.6 is 11.6 Å². The van der Waals surface area contributed by atoms with E-state index in [-0.39, 0.29) is 28.2 Å².